The smallest absolute Gasteiger partial charge is 0.0774 e. The zero-order valence-electron chi connectivity index (χ0n) is 7.71. The molecule has 0 aliphatic carbocycles. The zero-order chi connectivity index (χ0) is 8.97. The first-order valence-corrected chi connectivity index (χ1v) is 5.29. The third-order valence-corrected chi connectivity index (χ3v) is 3.35. The third-order valence-electron chi connectivity index (χ3n) is 2.05. The fourth-order valence-corrected chi connectivity index (χ4v) is 2.28. The van der Waals surface area contributed by atoms with E-state index in [0.717, 1.165) is 4.88 Å². The van der Waals surface area contributed by atoms with Crippen LogP contribution in [0.1, 0.15) is 42.4 Å². The summed E-state index contributed by atoms with van der Waals surface area (Å²) in [7, 11) is 0. The molecule has 0 saturated heterocycles. The summed E-state index contributed by atoms with van der Waals surface area (Å²) in [6.07, 6.45) is 2.47. The molecule has 0 fully saturated rings. The van der Waals surface area contributed by atoms with E-state index in [4.69, 9.17) is 5.11 Å². The Morgan fingerprint density at radius 2 is 2.25 bits per heavy atom. The lowest BCUT2D eigenvalue weighted by atomic mass is 10.1. The molecular weight excluding hydrogens is 168 g/mol. The van der Waals surface area contributed by atoms with Crippen LogP contribution in [0.25, 0.3) is 0 Å². The maximum atomic E-state index is 8.87. The van der Waals surface area contributed by atoms with E-state index in [1.165, 1.54) is 17.7 Å². The van der Waals surface area contributed by atoms with Crippen molar-refractivity contribution in [3.63, 3.8) is 0 Å². The predicted molar refractivity (Wildman–Crippen MR) is 53.6 cm³/mol. The van der Waals surface area contributed by atoms with E-state index in [0.29, 0.717) is 5.92 Å². The molecule has 1 aromatic rings. The number of aliphatic hydroxyl groups is 1. The number of aliphatic hydroxyl groups excluding tert-OH is 1. The number of hydrogen-bond acceptors (Lipinski definition) is 2. The van der Waals surface area contributed by atoms with Gasteiger partial charge in [-0.3, -0.25) is 0 Å². The van der Waals surface area contributed by atoms with Gasteiger partial charge in [0.15, 0.2) is 0 Å². The minimum absolute atomic E-state index is 0.184. The quantitative estimate of drug-likeness (QED) is 0.762. The van der Waals surface area contributed by atoms with Gasteiger partial charge in [-0.25, -0.2) is 0 Å². The predicted octanol–water partition coefficient (Wildman–Crippen LogP) is 3.14. The van der Waals surface area contributed by atoms with Crippen LogP contribution in [0, 0.1) is 0 Å². The lowest BCUT2D eigenvalue weighted by Crippen LogP contribution is -1.87. The van der Waals surface area contributed by atoms with E-state index < -0.39 is 0 Å². The number of hydrogen-bond donors (Lipinski definition) is 1. The first-order valence-electron chi connectivity index (χ1n) is 4.47. The van der Waals surface area contributed by atoms with E-state index in [-0.39, 0.29) is 6.61 Å². The molecule has 0 aliphatic rings. The van der Waals surface area contributed by atoms with E-state index >= 15 is 0 Å². The maximum absolute atomic E-state index is 8.87. The Labute approximate surface area is 78.1 Å². The number of rotatable bonds is 4. The first kappa shape index (κ1) is 9.75. The standard InChI is InChI=1S/C10H16OS/c1-3-4-8(2)10-6-5-9(7-11)12-10/h5-6,8,11H,3-4,7H2,1-2H3. The summed E-state index contributed by atoms with van der Waals surface area (Å²) < 4.78 is 0. The topological polar surface area (TPSA) is 20.2 Å². The molecule has 1 nitrogen and oxygen atoms in total. The molecule has 0 amide bonds. The van der Waals surface area contributed by atoms with E-state index in [1.807, 2.05) is 6.07 Å². The van der Waals surface area contributed by atoms with Gasteiger partial charge >= 0.3 is 0 Å². The molecule has 68 valence electrons. The fraction of sp³-hybridized carbons (Fsp3) is 0.600. The summed E-state index contributed by atoms with van der Waals surface area (Å²) in [6.45, 7) is 4.64. The van der Waals surface area contributed by atoms with Crippen LogP contribution in [-0.4, -0.2) is 5.11 Å². The Morgan fingerprint density at radius 3 is 2.75 bits per heavy atom. The summed E-state index contributed by atoms with van der Waals surface area (Å²) in [4.78, 5) is 2.48. The van der Waals surface area contributed by atoms with Gasteiger partial charge in [0.2, 0.25) is 0 Å². The van der Waals surface area contributed by atoms with E-state index in [2.05, 4.69) is 19.9 Å². The summed E-state index contributed by atoms with van der Waals surface area (Å²) in [6, 6.07) is 4.16. The van der Waals surface area contributed by atoms with Gasteiger partial charge in [-0.2, -0.15) is 0 Å². The molecule has 0 spiro atoms. The monoisotopic (exact) mass is 184 g/mol. The highest BCUT2D eigenvalue weighted by atomic mass is 32.1. The molecule has 1 rings (SSSR count). The SMILES string of the molecule is CCCC(C)c1ccc(CO)s1. The number of thiophene rings is 1. The highest BCUT2D eigenvalue weighted by molar-refractivity contribution is 7.12. The lowest BCUT2D eigenvalue weighted by molar-refractivity contribution is 0.285. The summed E-state index contributed by atoms with van der Waals surface area (Å²) in [5, 5.41) is 8.87. The van der Waals surface area contributed by atoms with Crippen molar-refractivity contribution in [1.29, 1.82) is 0 Å². The maximum Gasteiger partial charge on any atom is 0.0774 e. The molecular formula is C10H16OS. The van der Waals surface area contributed by atoms with Crippen molar-refractivity contribution in [3.8, 4) is 0 Å². The van der Waals surface area contributed by atoms with Gasteiger partial charge in [-0.05, 0) is 24.5 Å². The Hall–Kier alpha value is -0.340. The first-order chi connectivity index (χ1) is 5.77. The molecule has 0 saturated carbocycles. The Kier molecular flexibility index (Phi) is 3.76. The second-order valence-electron chi connectivity index (χ2n) is 3.15. The van der Waals surface area contributed by atoms with Crippen LogP contribution in [0.2, 0.25) is 0 Å². The molecule has 0 aromatic carbocycles. The Balaban J connectivity index is 2.61. The lowest BCUT2D eigenvalue weighted by Gasteiger charge is -2.05. The van der Waals surface area contributed by atoms with Crippen molar-refractivity contribution in [2.75, 3.05) is 0 Å². The minimum atomic E-state index is 0.184. The summed E-state index contributed by atoms with van der Waals surface area (Å²) in [5.41, 5.74) is 0. The normalized spacial score (nSPS) is 13.2. The van der Waals surface area contributed by atoms with Gasteiger partial charge in [0.25, 0.3) is 0 Å². The van der Waals surface area contributed by atoms with Crippen LogP contribution >= 0.6 is 11.3 Å². The highest BCUT2D eigenvalue weighted by Crippen LogP contribution is 2.27. The molecule has 2 heteroatoms. The van der Waals surface area contributed by atoms with Crippen molar-refractivity contribution in [3.05, 3.63) is 21.9 Å². The molecule has 1 aromatic heterocycles. The largest absolute Gasteiger partial charge is 0.391 e. The molecule has 0 bridgehead atoms. The molecule has 1 atom stereocenters. The third kappa shape index (κ3) is 2.32. The molecule has 1 heterocycles. The van der Waals surface area contributed by atoms with Crippen molar-refractivity contribution in [2.45, 2.75) is 39.2 Å². The molecule has 0 aliphatic heterocycles. The summed E-state index contributed by atoms with van der Waals surface area (Å²) in [5.74, 6) is 0.653. The van der Waals surface area contributed by atoms with E-state index in [1.54, 1.807) is 11.3 Å². The zero-order valence-corrected chi connectivity index (χ0v) is 8.53. The van der Waals surface area contributed by atoms with Crippen molar-refractivity contribution < 1.29 is 5.11 Å². The van der Waals surface area contributed by atoms with Gasteiger partial charge in [0, 0.05) is 9.75 Å². The average molecular weight is 184 g/mol. The fourth-order valence-electron chi connectivity index (χ4n) is 1.32. The van der Waals surface area contributed by atoms with Crippen LogP contribution in [0.15, 0.2) is 12.1 Å². The van der Waals surface area contributed by atoms with Crippen molar-refractivity contribution in [1.82, 2.24) is 0 Å². The Bertz CT molecular complexity index is 229. The van der Waals surface area contributed by atoms with Crippen LogP contribution in [0.5, 0.6) is 0 Å². The van der Waals surface area contributed by atoms with Gasteiger partial charge < -0.3 is 5.11 Å². The average Bonchev–Trinajstić information content (AvgIpc) is 2.52. The van der Waals surface area contributed by atoms with Gasteiger partial charge in [-0.15, -0.1) is 11.3 Å². The van der Waals surface area contributed by atoms with E-state index in [9.17, 15) is 0 Å². The molecule has 0 radical (unpaired) electrons. The van der Waals surface area contributed by atoms with Gasteiger partial charge in [-0.1, -0.05) is 20.3 Å². The van der Waals surface area contributed by atoms with Crippen molar-refractivity contribution in [2.24, 2.45) is 0 Å². The molecule has 12 heavy (non-hydrogen) atoms. The second kappa shape index (κ2) is 4.63. The second-order valence-corrected chi connectivity index (χ2v) is 4.35. The van der Waals surface area contributed by atoms with Crippen LogP contribution in [0.4, 0.5) is 0 Å². The summed E-state index contributed by atoms with van der Waals surface area (Å²) >= 11 is 1.73. The molecule has 1 unspecified atom stereocenters. The van der Waals surface area contributed by atoms with Crippen LogP contribution < -0.4 is 0 Å². The minimum Gasteiger partial charge on any atom is -0.391 e. The van der Waals surface area contributed by atoms with Gasteiger partial charge in [0.1, 0.15) is 0 Å². The van der Waals surface area contributed by atoms with Gasteiger partial charge in [0.05, 0.1) is 6.61 Å². The highest BCUT2D eigenvalue weighted by Gasteiger charge is 2.06. The molecule has 1 N–H and O–H groups in total. The Morgan fingerprint density at radius 1 is 1.50 bits per heavy atom. The van der Waals surface area contributed by atoms with Crippen LogP contribution in [-0.2, 0) is 6.61 Å². The van der Waals surface area contributed by atoms with Crippen molar-refractivity contribution >= 4 is 11.3 Å². The van der Waals surface area contributed by atoms with Crippen LogP contribution in [0.3, 0.4) is 0 Å².